The van der Waals surface area contributed by atoms with Gasteiger partial charge in [-0.05, 0) is 31.0 Å². The highest BCUT2D eigenvalue weighted by molar-refractivity contribution is 5.83. The number of carbonyl (C=O) groups excluding carboxylic acids is 1. The monoisotopic (exact) mass is 316 g/mol. The van der Waals surface area contributed by atoms with Gasteiger partial charge in [-0.2, -0.15) is 0 Å². The summed E-state index contributed by atoms with van der Waals surface area (Å²) in [6.45, 7) is 5.03. The Morgan fingerprint density at radius 1 is 1.39 bits per heavy atom. The van der Waals surface area contributed by atoms with Crippen molar-refractivity contribution in [3.63, 3.8) is 0 Å². The Morgan fingerprint density at radius 2 is 2.26 bits per heavy atom. The number of piperazine rings is 1. The second-order valence-electron chi connectivity index (χ2n) is 5.81. The highest BCUT2D eigenvalue weighted by atomic mass is 19.1. The van der Waals surface area contributed by atoms with E-state index in [1.807, 2.05) is 19.2 Å². The van der Waals surface area contributed by atoms with Gasteiger partial charge in [-0.15, -0.1) is 0 Å². The number of nitrogens with zero attached hydrogens (tertiary/aromatic N) is 3. The number of hydrogen-bond donors (Lipinski definition) is 1. The van der Waals surface area contributed by atoms with Gasteiger partial charge < -0.3 is 9.88 Å². The lowest BCUT2D eigenvalue weighted by Gasteiger charge is -2.35. The second-order valence-corrected chi connectivity index (χ2v) is 5.81. The summed E-state index contributed by atoms with van der Waals surface area (Å²) in [5.74, 6) is 0.624. The second kappa shape index (κ2) is 6.91. The van der Waals surface area contributed by atoms with Crippen molar-refractivity contribution in [3.8, 4) is 0 Å². The zero-order chi connectivity index (χ0) is 16.2. The molecule has 1 N–H and O–H groups in total. The van der Waals surface area contributed by atoms with Crippen LogP contribution in [0.25, 0.3) is 0 Å². The average Bonchev–Trinajstić information content (AvgIpc) is 2.93. The molecule has 1 aromatic heterocycles. The van der Waals surface area contributed by atoms with Gasteiger partial charge >= 0.3 is 0 Å². The van der Waals surface area contributed by atoms with Gasteiger partial charge in [0.1, 0.15) is 17.7 Å². The highest BCUT2D eigenvalue weighted by Crippen LogP contribution is 2.24. The van der Waals surface area contributed by atoms with E-state index in [0.717, 1.165) is 31.9 Å². The molecular weight excluding hydrogens is 295 g/mol. The number of benzene rings is 1. The number of amides is 1. The fraction of sp³-hybridized carbons (Fsp3) is 0.412. The molecule has 0 spiro atoms. The van der Waals surface area contributed by atoms with E-state index >= 15 is 0 Å². The van der Waals surface area contributed by atoms with Gasteiger partial charge in [-0.1, -0.05) is 12.1 Å². The summed E-state index contributed by atoms with van der Waals surface area (Å²) in [5.41, 5.74) is 0.709. The van der Waals surface area contributed by atoms with Crippen molar-refractivity contribution >= 4 is 5.91 Å². The first-order valence-electron chi connectivity index (χ1n) is 7.90. The van der Waals surface area contributed by atoms with E-state index in [0.29, 0.717) is 12.1 Å². The quantitative estimate of drug-likeness (QED) is 0.916. The van der Waals surface area contributed by atoms with Crippen molar-refractivity contribution in [2.75, 3.05) is 19.6 Å². The van der Waals surface area contributed by atoms with Crippen LogP contribution in [0.5, 0.6) is 0 Å². The minimum absolute atomic E-state index is 0.0549. The number of imidazole rings is 1. The number of rotatable bonds is 5. The van der Waals surface area contributed by atoms with Crippen molar-refractivity contribution in [3.05, 3.63) is 53.9 Å². The lowest BCUT2D eigenvalue weighted by molar-refractivity contribution is -0.129. The Morgan fingerprint density at radius 3 is 3.00 bits per heavy atom. The van der Waals surface area contributed by atoms with E-state index in [1.54, 1.807) is 12.3 Å². The third-order valence-electron chi connectivity index (χ3n) is 4.24. The molecule has 5 nitrogen and oxygen atoms in total. The maximum Gasteiger partial charge on any atom is 0.242 e. The van der Waals surface area contributed by atoms with Gasteiger partial charge in [0.15, 0.2) is 0 Å². The van der Waals surface area contributed by atoms with Crippen molar-refractivity contribution < 1.29 is 9.18 Å². The zero-order valence-corrected chi connectivity index (χ0v) is 13.2. The minimum Gasteiger partial charge on any atom is -0.353 e. The highest BCUT2D eigenvalue weighted by Gasteiger charge is 2.30. The van der Waals surface area contributed by atoms with E-state index in [2.05, 4.69) is 19.8 Å². The lowest BCUT2D eigenvalue weighted by Crippen LogP contribution is -2.50. The summed E-state index contributed by atoms with van der Waals surface area (Å²) in [6.07, 6.45) is 4.66. The van der Waals surface area contributed by atoms with E-state index in [4.69, 9.17) is 0 Å². The predicted octanol–water partition coefficient (Wildman–Crippen LogP) is 1.89. The molecule has 1 unspecified atom stereocenters. The molecule has 1 fully saturated rings. The number of aryl methyl sites for hydroxylation is 2. The first kappa shape index (κ1) is 15.7. The van der Waals surface area contributed by atoms with Gasteiger partial charge in [0.05, 0.1) is 0 Å². The van der Waals surface area contributed by atoms with Crippen molar-refractivity contribution in [2.24, 2.45) is 0 Å². The SMILES string of the molecule is Cc1nccn1CCCN1CCNC(=O)C1c1cccc(F)c1. The van der Waals surface area contributed by atoms with Crippen LogP contribution in [-0.4, -0.2) is 40.0 Å². The van der Waals surface area contributed by atoms with E-state index in [9.17, 15) is 9.18 Å². The number of aromatic nitrogens is 2. The molecule has 2 aromatic rings. The zero-order valence-electron chi connectivity index (χ0n) is 13.2. The van der Waals surface area contributed by atoms with E-state index < -0.39 is 6.04 Å². The maximum atomic E-state index is 13.5. The third kappa shape index (κ3) is 3.59. The van der Waals surface area contributed by atoms with Crippen LogP contribution >= 0.6 is 0 Å². The third-order valence-corrected chi connectivity index (χ3v) is 4.24. The molecule has 0 radical (unpaired) electrons. The number of halogens is 1. The minimum atomic E-state index is -0.414. The normalized spacial score (nSPS) is 18.9. The fourth-order valence-electron chi connectivity index (χ4n) is 3.08. The standard InChI is InChI=1S/C17H21FN4O/c1-13-19-6-10-21(13)8-3-9-22-11-7-20-17(23)16(22)14-4-2-5-15(18)12-14/h2,4-6,10,12,16H,3,7-9,11H2,1H3,(H,20,23). The fourth-order valence-corrected chi connectivity index (χ4v) is 3.08. The van der Waals surface area contributed by atoms with Crippen molar-refractivity contribution in [1.29, 1.82) is 0 Å². The number of carbonyl (C=O) groups is 1. The first-order valence-corrected chi connectivity index (χ1v) is 7.90. The summed E-state index contributed by atoms with van der Waals surface area (Å²) >= 11 is 0. The molecule has 1 aliphatic heterocycles. The first-order chi connectivity index (χ1) is 11.1. The molecule has 6 heteroatoms. The van der Waals surface area contributed by atoms with Gasteiger partial charge in [0, 0.05) is 38.6 Å². The molecular formula is C17H21FN4O. The number of hydrogen-bond acceptors (Lipinski definition) is 3. The van der Waals surface area contributed by atoms with E-state index in [1.165, 1.54) is 12.1 Å². The molecule has 23 heavy (non-hydrogen) atoms. The summed E-state index contributed by atoms with van der Waals surface area (Å²) in [4.78, 5) is 18.6. The summed E-state index contributed by atoms with van der Waals surface area (Å²) in [5, 5.41) is 2.87. The van der Waals surface area contributed by atoms with Crippen molar-refractivity contribution in [1.82, 2.24) is 19.8 Å². The largest absolute Gasteiger partial charge is 0.353 e. The molecule has 2 heterocycles. The predicted molar refractivity (Wildman–Crippen MR) is 85.3 cm³/mol. The van der Waals surface area contributed by atoms with Crippen LogP contribution in [-0.2, 0) is 11.3 Å². The van der Waals surface area contributed by atoms with Crippen LogP contribution in [0.3, 0.4) is 0 Å². The molecule has 1 saturated heterocycles. The molecule has 0 saturated carbocycles. The van der Waals surface area contributed by atoms with Gasteiger partial charge in [-0.25, -0.2) is 9.37 Å². The smallest absolute Gasteiger partial charge is 0.242 e. The molecule has 1 aliphatic rings. The molecule has 1 amide bonds. The van der Waals surface area contributed by atoms with Crippen LogP contribution in [0, 0.1) is 12.7 Å². The Kier molecular flexibility index (Phi) is 4.71. The Labute approximate surface area is 135 Å². The van der Waals surface area contributed by atoms with Crippen molar-refractivity contribution in [2.45, 2.75) is 25.9 Å². The Bertz CT molecular complexity index is 685. The van der Waals surface area contributed by atoms with Crippen LogP contribution < -0.4 is 5.32 Å². The van der Waals surface area contributed by atoms with Gasteiger partial charge in [0.2, 0.25) is 5.91 Å². The van der Waals surface area contributed by atoms with E-state index in [-0.39, 0.29) is 11.7 Å². The van der Waals surface area contributed by atoms with Crippen LogP contribution in [0.4, 0.5) is 4.39 Å². The Hall–Kier alpha value is -2.21. The van der Waals surface area contributed by atoms with Crippen LogP contribution in [0.15, 0.2) is 36.7 Å². The topological polar surface area (TPSA) is 50.2 Å². The van der Waals surface area contributed by atoms with Gasteiger partial charge in [0.25, 0.3) is 0 Å². The number of nitrogens with one attached hydrogen (secondary N) is 1. The maximum absolute atomic E-state index is 13.5. The molecule has 1 atom stereocenters. The molecule has 3 rings (SSSR count). The molecule has 0 aliphatic carbocycles. The lowest BCUT2D eigenvalue weighted by atomic mass is 10.0. The van der Waals surface area contributed by atoms with Gasteiger partial charge in [-0.3, -0.25) is 9.69 Å². The molecule has 122 valence electrons. The molecule has 1 aromatic carbocycles. The Balaban J connectivity index is 1.68. The average molecular weight is 316 g/mol. The summed E-state index contributed by atoms with van der Waals surface area (Å²) in [6, 6.07) is 5.90. The molecule has 0 bridgehead atoms. The van der Waals surface area contributed by atoms with Crippen LogP contribution in [0.1, 0.15) is 23.9 Å². The summed E-state index contributed by atoms with van der Waals surface area (Å²) in [7, 11) is 0. The summed E-state index contributed by atoms with van der Waals surface area (Å²) < 4.78 is 15.6. The van der Waals surface area contributed by atoms with Crippen LogP contribution in [0.2, 0.25) is 0 Å².